The summed E-state index contributed by atoms with van der Waals surface area (Å²) in [6, 6.07) is 15.4. The number of hydrogen-bond donors (Lipinski definition) is 2. The molecule has 2 aromatic carbocycles. The molecule has 10 heteroatoms. The number of nitrogens with zero attached hydrogens (tertiary/aromatic N) is 5. The first-order chi connectivity index (χ1) is 18.4. The van der Waals surface area contributed by atoms with Gasteiger partial charge in [-0.2, -0.15) is 0 Å². The highest BCUT2D eigenvalue weighted by Gasteiger charge is 2.44. The summed E-state index contributed by atoms with van der Waals surface area (Å²) in [5.74, 6) is -0.447. The van der Waals surface area contributed by atoms with Crippen molar-refractivity contribution >= 4 is 35.0 Å². The molecule has 0 aliphatic carbocycles. The van der Waals surface area contributed by atoms with Crippen molar-refractivity contribution in [3.63, 3.8) is 0 Å². The summed E-state index contributed by atoms with van der Waals surface area (Å²) in [6.45, 7) is 5.52. The highest BCUT2D eigenvalue weighted by atomic mass is 19.1. The van der Waals surface area contributed by atoms with E-state index in [1.54, 1.807) is 24.7 Å². The zero-order valence-corrected chi connectivity index (χ0v) is 20.8. The minimum absolute atomic E-state index is 0.0811. The highest BCUT2D eigenvalue weighted by molar-refractivity contribution is 6.16. The van der Waals surface area contributed by atoms with E-state index in [4.69, 9.17) is 4.74 Å². The smallest absolute Gasteiger partial charge is 0.322 e. The molecule has 38 heavy (non-hydrogen) atoms. The summed E-state index contributed by atoms with van der Waals surface area (Å²) in [4.78, 5) is 31.6. The number of hydrogen-bond acceptors (Lipinski definition) is 8. The van der Waals surface area contributed by atoms with Crippen molar-refractivity contribution in [1.82, 2.24) is 20.2 Å². The van der Waals surface area contributed by atoms with Crippen LogP contribution in [0.5, 0.6) is 11.8 Å². The number of fused-ring (bicyclic) bond motifs is 2. The zero-order valence-electron chi connectivity index (χ0n) is 20.8. The van der Waals surface area contributed by atoms with E-state index in [0.717, 1.165) is 39.5 Å². The molecule has 2 N–H and O–H groups in total. The average molecular weight is 510 g/mol. The van der Waals surface area contributed by atoms with Gasteiger partial charge in [-0.25, -0.2) is 19.4 Å². The van der Waals surface area contributed by atoms with Gasteiger partial charge in [0.05, 0.1) is 11.6 Å². The summed E-state index contributed by atoms with van der Waals surface area (Å²) in [6.07, 6.45) is 3.09. The maximum atomic E-state index is 13.1. The molecule has 4 heterocycles. The molecule has 2 atom stereocenters. The number of carbonyl (C=O) groups is 1. The summed E-state index contributed by atoms with van der Waals surface area (Å²) in [5.41, 5.74) is 6.42. The molecule has 1 amide bonds. The maximum absolute atomic E-state index is 13.1. The van der Waals surface area contributed by atoms with Gasteiger partial charge in [0.15, 0.2) is 5.83 Å². The van der Waals surface area contributed by atoms with Crippen LogP contribution in [-0.4, -0.2) is 46.2 Å². The van der Waals surface area contributed by atoms with Crippen molar-refractivity contribution < 1.29 is 13.9 Å². The van der Waals surface area contributed by atoms with Crippen LogP contribution in [-0.2, 0) is 11.3 Å². The predicted octanol–water partition coefficient (Wildman–Crippen LogP) is 4.30. The average Bonchev–Trinajstić information content (AvgIpc) is 3.10. The molecule has 1 aromatic heterocycles. The van der Waals surface area contributed by atoms with Crippen LogP contribution in [0.1, 0.15) is 22.4 Å². The molecular formula is C28H24FN7O2. The molecule has 6 rings (SSSR count). The van der Waals surface area contributed by atoms with E-state index in [0.29, 0.717) is 24.0 Å². The standard InChI is InChI=1S/C28H24FN7O2/c1-15-10-11-30-28(34-15)38-20-8-9-21-18(12-20)13-31-25-23-22(21)24(36(3)26(23)33-14-32-25)17-4-6-19(7-5-17)35-27(37)16(2)29/h4-12,14,23,25,31H,2,13H2,1,3H3,(H,35,37). The Labute approximate surface area is 218 Å². The van der Waals surface area contributed by atoms with Crippen molar-refractivity contribution in [2.45, 2.75) is 19.6 Å². The van der Waals surface area contributed by atoms with Crippen LogP contribution in [0.2, 0.25) is 0 Å². The Bertz CT molecular complexity index is 1560. The fourth-order valence-corrected chi connectivity index (χ4v) is 5.06. The molecular weight excluding hydrogens is 485 g/mol. The van der Waals surface area contributed by atoms with Gasteiger partial charge in [-0.3, -0.25) is 15.1 Å². The number of halogens is 1. The first-order valence-electron chi connectivity index (χ1n) is 12.1. The fourth-order valence-electron chi connectivity index (χ4n) is 5.06. The number of nitrogens with one attached hydrogen (secondary N) is 2. The third kappa shape index (κ3) is 4.14. The van der Waals surface area contributed by atoms with Crippen molar-refractivity contribution in [1.29, 1.82) is 0 Å². The Morgan fingerprint density at radius 2 is 2.03 bits per heavy atom. The summed E-state index contributed by atoms with van der Waals surface area (Å²) in [7, 11) is 1.99. The third-order valence-electron chi connectivity index (χ3n) is 6.77. The third-order valence-corrected chi connectivity index (χ3v) is 6.77. The van der Waals surface area contributed by atoms with Gasteiger partial charge in [0.25, 0.3) is 5.91 Å². The van der Waals surface area contributed by atoms with E-state index < -0.39 is 11.7 Å². The van der Waals surface area contributed by atoms with E-state index in [-0.39, 0.29) is 12.1 Å². The van der Waals surface area contributed by atoms with Gasteiger partial charge in [-0.05, 0) is 59.5 Å². The highest BCUT2D eigenvalue weighted by Crippen LogP contribution is 2.47. The minimum Gasteiger partial charge on any atom is -0.424 e. The Balaban J connectivity index is 1.42. The molecule has 190 valence electrons. The number of amidine groups is 1. The lowest BCUT2D eigenvalue weighted by Gasteiger charge is -2.25. The lowest BCUT2D eigenvalue weighted by Crippen LogP contribution is -2.40. The second-order valence-electron chi connectivity index (χ2n) is 9.21. The first-order valence-corrected chi connectivity index (χ1v) is 12.1. The number of carbonyl (C=O) groups excluding carboxylic acids is 1. The molecule has 3 aromatic rings. The SMILES string of the molecule is C=C(F)C(=O)Nc1ccc(C2=C3c4ccc(Oc5nccc(C)n5)cc4CNC4N=CN=C(C34)N2C)cc1. The van der Waals surface area contributed by atoms with Crippen LogP contribution < -0.4 is 15.4 Å². The normalized spacial score (nSPS) is 19.3. The van der Waals surface area contributed by atoms with E-state index in [1.807, 2.05) is 44.3 Å². The minimum atomic E-state index is -1.04. The van der Waals surface area contributed by atoms with Crippen LogP contribution in [0.3, 0.4) is 0 Å². The zero-order chi connectivity index (χ0) is 26.4. The second-order valence-corrected chi connectivity index (χ2v) is 9.21. The first kappa shape index (κ1) is 23.7. The van der Waals surface area contributed by atoms with Crippen LogP contribution in [0.15, 0.2) is 77.1 Å². The molecule has 0 bridgehead atoms. The molecule has 0 saturated heterocycles. The van der Waals surface area contributed by atoms with Crippen LogP contribution >= 0.6 is 0 Å². The van der Waals surface area contributed by atoms with Gasteiger partial charge < -0.3 is 15.0 Å². The molecule has 2 unspecified atom stereocenters. The quantitative estimate of drug-likeness (QED) is 0.497. The van der Waals surface area contributed by atoms with Gasteiger partial charge in [0.1, 0.15) is 24.1 Å². The molecule has 0 spiro atoms. The summed E-state index contributed by atoms with van der Waals surface area (Å²) < 4.78 is 19.1. The topological polar surface area (TPSA) is 104 Å². The van der Waals surface area contributed by atoms with Gasteiger partial charge in [-0.15, -0.1) is 0 Å². The number of anilines is 1. The lowest BCUT2D eigenvalue weighted by molar-refractivity contribution is -0.114. The molecule has 9 nitrogen and oxygen atoms in total. The second kappa shape index (κ2) is 9.31. The number of rotatable bonds is 5. The Hall–Kier alpha value is -4.70. The fraction of sp³-hybridized carbons (Fsp3) is 0.179. The Morgan fingerprint density at radius 1 is 1.21 bits per heavy atom. The van der Waals surface area contributed by atoms with Crippen LogP contribution in [0.25, 0.3) is 11.3 Å². The number of benzene rings is 2. The van der Waals surface area contributed by atoms with Crippen molar-refractivity contribution in [3.05, 3.63) is 89.5 Å². The number of aromatic nitrogens is 2. The molecule has 0 radical (unpaired) electrons. The van der Waals surface area contributed by atoms with Gasteiger partial charge in [0.2, 0.25) is 0 Å². The number of aryl methyl sites for hydroxylation is 1. The van der Waals surface area contributed by atoms with Gasteiger partial charge >= 0.3 is 6.01 Å². The van der Waals surface area contributed by atoms with Crippen molar-refractivity contribution in [2.75, 3.05) is 12.4 Å². The summed E-state index contributed by atoms with van der Waals surface area (Å²) in [5, 5.41) is 6.05. The van der Waals surface area contributed by atoms with E-state index in [2.05, 4.69) is 48.1 Å². The summed E-state index contributed by atoms with van der Waals surface area (Å²) >= 11 is 0. The molecule has 3 aliphatic heterocycles. The molecule has 0 fully saturated rings. The Morgan fingerprint density at radius 3 is 2.79 bits per heavy atom. The van der Waals surface area contributed by atoms with Crippen molar-refractivity contribution in [2.24, 2.45) is 15.9 Å². The number of ether oxygens (including phenoxy) is 1. The van der Waals surface area contributed by atoms with E-state index in [9.17, 15) is 9.18 Å². The lowest BCUT2D eigenvalue weighted by atomic mass is 9.88. The van der Waals surface area contributed by atoms with Crippen molar-refractivity contribution in [3.8, 4) is 11.8 Å². The van der Waals surface area contributed by atoms with E-state index in [1.165, 1.54) is 0 Å². The monoisotopic (exact) mass is 509 g/mol. The molecule has 3 aliphatic rings. The molecule has 0 saturated carbocycles. The Kier molecular flexibility index (Phi) is 5.80. The van der Waals surface area contributed by atoms with E-state index >= 15 is 0 Å². The van der Waals surface area contributed by atoms with Crippen LogP contribution in [0.4, 0.5) is 10.1 Å². The number of amides is 1. The number of aliphatic imine (C=N–C) groups is 2. The van der Waals surface area contributed by atoms with Gasteiger partial charge in [0, 0.05) is 31.2 Å². The maximum Gasteiger partial charge on any atom is 0.322 e. The predicted molar refractivity (Wildman–Crippen MR) is 143 cm³/mol. The largest absolute Gasteiger partial charge is 0.424 e. The van der Waals surface area contributed by atoms with Crippen LogP contribution in [0, 0.1) is 12.8 Å². The van der Waals surface area contributed by atoms with Gasteiger partial charge in [-0.1, -0.05) is 24.8 Å².